The lowest BCUT2D eigenvalue weighted by Crippen LogP contribution is -2.37. The molecule has 0 aromatic carbocycles. The minimum Gasteiger partial charge on any atom is -0.386 e. The molecule has 1 unspecified atom stereocenters. The number of aliphatic hydroxyl groups is 1. The van der Waals surface area contributed by atoms with Crippen molar-refractivity contribution in [1.29, 1.82) is 5.26 Å². The molecule has 1 aromatic rings. The van der Waals surface area contributed by atoms with Crippen LogP contribution in [0.15, 0.2) is 18.3 Å². The van der Waals surface area contributed by atoms with Crippen LogP contribution in [-0.4, -0.2) is 35.5 Å². The second-order valence-electron chi connectivity index (χ2n) is 3.89. The highest BCUT2D eigenvalue weighted by molar-refractivity contribution is 5.51. The van der Waals surface area contributed by atoms with Gasteiger partial charge < -0.3 is 15.2 Å². The van der Waals surface area contributed by atoms with Crippen molar-refractivity contribution in [2.75, 3.05) is 25.1 Å². The summed E-state index contributed by atoms with van der Waals surface area (Å²) in [6, 6.07) is 5.44. The Kier molecular flexibility index (Phi) is 3.04. The molecule has 84 valence electrons. The van der Waals surface area contributed by atoms with Crippen molar-refractivity contribution in [2.45, 2.75) is 12.0 Å². The molecule has 5 nitrogen and oxygen atoms in total. The number of hydrogen-bond acceptors (Lipinski definition) is 5. The Morgan fingerprint density at radius 2 is 2.56 bits per heavy atom. The van der Waals surface area contributed by atoms with Gasteiger partial charge in [-0.25, -0.2) is 4.98 Å². The quantitative estimate of drug-likeness (QED) is 0.774. The highest BCUT2D eigenvalue weighted by atomic mass is 16.5. The maximum Gasteiger partial charge on any atom is 0.143 e. The van der Waals surface area contributed by atoms with Crippen LogP contribution in [0.5, 0.6) is 0 Å². The molecular weight excluding hydrogens is 206 g/mol. The zero-order chi connectivity index (χ0) is 11.4. The summed E-state index contributed by atoms with van der Waals surface area (Å²) in [5.41, 5.74) is -0.366. The molecule has 5 heteroatoms. The number of nitrogens with zero attached hydrogens (tertiary/aromatic N) is 2. The fourth-order valence-electron chi connectivity index (χ4n) is 1.62. The maximum absolute atomic E-state index is 10.0. The lowest BCUT2D eigenvalue weighted by Gasteiger charge is -2.21. The number of nitrogens with one attached hydrogen (secondary N) is 1. The fourth-order valence-corrected chi connectivity index (χ4v) is 1.62. The molecule has 0 saturated carbocycles. The van der Waals surface area contributed by atoms with Crippen LogP contribution in [0.3, 0.4) is 0 Å². The third kappa shape index (κ3) is 2.30. The number of anilines is 1. The SMILES string of the molecule is N#Cc1cccnc1NCC1(O)CCOC1. The van der Waals surface area contributed by atoms with Gasteiger partial charge >= 0.3 is 0 Å². The van der Waals surface area contributed by atoms with Crippen molar-refractivity contribution in [1.82, 2.24) is 4.98 Å². The summed E-state index contributed by atoms with van der Waals surface area (Å²) >= 11 is 0. The highest BCUT2D eigenvalue weighted by Gasteiger charge is 2.32. The monoisotopic (exact) mass is 219 g/mol. The van der Waals surface area contributed by atoms with Crippen LogP contribution < -0.4 is 5.32 Å². The third-order valence-corrected chi connectivity index (χ3v) is 2.60. The molecule has 1 atom stereocenters. The normalized spacial score (nSPS) is 24.0. The maximum atomic E-state index is 10.0. The Morgan fingerprint density at radius 1 is 1.69 bits per heavy atom. The fraction of sp³-hybridized carbons (Fsp3) is 0.455. The van der Waals surface area contributed by atoms with Gasteiger partial charge in [0.15, 0.2) is 0 Å². The van der Waals surface area contributed by atoms with E-state index in [0.29, 0.717) is 37.6 Å². The Balaban J connectivity index is 2.02. The average Bonchev–Trinajstić information content (AvgIpc) is 2.74. The van der Waals surface area contributed by atoms with Crippen molar-refractivity contribution in [3.63, 3.8) is 0 Å². The molecule has 2 N–H and O–H groups in total. The first-order valence-corrected chi connectivity index (χ1v) is 5.13. The van der Waals surface area contributed by atoms with E-state index in [1.165, 1.54) is 0 Å². The third-order valence-electron chi connectivity index (χ3n) is 2.60. The molecule has 1 aliphatic heterocycles. The van der Waals surface area contributed by atoms with E-state index in [0.717, 1.165) is 0 Å². The van der Waals surface area contributed by atoms with Gasteiger partial charge in [-0.15, -0.1) is 0 Å². The summed E-state index contributed by atoms with van der Waals surface area (Å²) in [6.07, 6.45) is 2.22. The van der Waals surface area contributed by atoms with Crippen molar-refractivity contribution in [3.05, 3.63) is 23.9 Å². The van der Waals surface area contributed by atoms with Crippen LogP contribution in [0.4, 0.5) is 5.82 Å². The molecule has 2 heterocycles. The van der Waals surface area contributed by atoms with Crippen molar-refractivity contribution < 1.29 is 9.84 Å². The first kappa shape index (κ1) is 10.9. The summed E-state index contributed by atoms with van der Waals surface area (Å²) in [6.45, 7) is 1.25. The van der Waals surface area contributed by atoms with Crippen LogP contribution >= 0.6 is 0 Å². The molecule has 1 aromatic heterocycles. The number of aromatic nitrogens is 1. The van der Waals surface area contributed by atoms with E-state index in [9.17, 15) is 5.11 Å². The van der Waals surface area contributed by atoms with E-state index < -0.39 is 5.60 Å². The second-order valence-corrected chi connectivity index (χ2v) is 3.89. The molecule has 1 saturated heterocycles. The molecule has 0 spiro atoms. The van der Waals surface area contributed by atoms with Crippen molar-refractivity contribution in [2.24, 2.45) is 0 Å². The molecule has 1 fully saturated rings. The van der Waals surface area contributed by atoms with Crippen LogP contribution in [-0.2, 0) is 4.74 Å². The first-order valence-electron chi connectivity index (χ1n) is 5.13. The summed E-state index contributed by atoms with van der Waals surface area (Å²) in [7, 11) is 0. The summed E-state index contributed by atoms with van der Waals surface area (Å²) in [5.74, 6) is 0.505. The van der Waals surface area contributed by atoms with Gasteiger partial charge in [-0.2, -0.15) is 5.26 Å². The summed E-state index contributed by atoms with van der Waals surface area (Å²) < 4.78 is 5.13. The molecule has 0 amide bonds. The Bertz CT molecular complexity index is 408. The lowest BCUT2D eigenvalue weighted by molar-refractivity contribution is 0.0381. The van der Waals surface area contributed by atoms with Gasteiger partial charge in [-0.3, -0.25) is 0 Å². The lowest BCUT2D eigenvalue weighted by atomic mass is 10.0. The molecule has 0 radical (unpaired) electrons. The first-order chi connectivity index (χ1) is 7.73. The van der Waals surface area contributed by atoms with E-state index in [1.54, 1.807) is 18.3 Å². The zero-order valence-electron chi connectivity index (χ0n) is 8.81. The second kappa shape index (κ2) is 4.47. The van der Waals surface area contributed by atoms with Gasteiger partial charge in [-0.05, 0) is 12.1 Å². The number of pyridine rings is 1. The van der Waals surface area contributed by atoms with Gasteiger partial charge in [0.2, 0.25) is 0 Å². The van der Waals surface area contributed by atoms with Gasteiger partial charge in [0, 0.05) is 25.8 Å². The van der Waals surface area contributed by atoms with Gasteiger partial charge in [-0.1, -0.05) is 0 Å². The van der Waals surface area contributed by atoms with Crippen LogP contribution in [0.1, 0.15) is 12.0 Å². The Hall–Kier alpha value is -1.64. The average molecular weight is 219 g/mol. The van der Waals surface area contributed by atoms with Gasteiger partial charge in [0.1, 0.15) is 17.5 Å². The van der Waals surface area contributed by atoms with Crippen molar-refractivity contribution >= 4 is 5.82 Å². The molecular formula is C11H13N3O2. The summed E-state index contributed by atoms with van der Waals surface area (Å²) in [4.78, 5) is 4.06. The Morgan fingerprint density at radius 3 is 3.25 bits per heavy atom. The zero-order valence-corrected chi connectivity index (χ0v) is 8.81. The summed E-state index contributed by atoms with van der Waals surface area (Å²) in [5, 5.41) is 21.9. The van der Waals surface area contributed by atoms with E-state index >= 15 is 0 Å². The van der Waals surface area contributed by atoms with E-state index in [4.69, 9.17) is 10.00 Å². The molecule has 1 aliphatic rings. The highest BCUT2D eigenvalue weighted by Crippen LogP contribution is 2.19. The number of ether oxygens (including phenoxy) is 1. The molecule has 0 aliphatic carbocycles. The predicted octanol–water partition coefficient (Wildman–Crippen LogP) is 0.517. The number of nitriles is 1. The van der Waals surface area contributed by atoms with E-state index in [1.807, 2.05) is 6.07 Å². The molecule has 16 heavy (non-hydrogen) atoms. The van der Waals surface area contributed by atoms with E-state index in [-0.39, 0.29) is 0 Å². The minimum absolute atomic E-state index is 0.328. The number of rotatable bonds is 3. The smallest absolute Gasteiger partial charge is 0.143 e. The largest absolute Gasteiger partial charge is 0.386 e. The topological polar surface area (TPSA) is 78.2 Å². The number of hydrogen-bond donors (Lipinski definition) is 2. The molecule has 2 rings (SSSR count). The van der Waals surface area contributed by atoms with Crippen molar-refractivity contribution in [3.8, 4) is 6.07 Å². The van der Waals surface area contributed by atoms with Crippen LogP contribution in [0.25, 0.3) is 0 Å². The van der Waals surface area contributed by atoms with Gasteiger partial charge in [0.05, 0.1) is 12.2 Å². The van der Waals surface area contributed by atoms with E-state index in [2.05, 4.69) is 10.3 Å². The Labute approximate surface area is 93.7 Å². The minimum atomic E-state index is -0.843. The standard InChI is InChI=1S/C11H13N3O2/c12-6-9-2-1-4-13-10(9)14-7-11(15)3-5-16-8-11/h1-2,4,15H,3,5,7-8H2,(H,13,14). The van der Waals surface area contributed by atoms with Crippen LogP contribution in [0.2, 0.25) is 0 Å². The predicted molar refractivity (Wildman–Crippen MR) is 57.8 cm³/mol. The van der Waals surface area contributed by atoms with Crippen LogP contribution in [0, 0.1) is 11.3 Å². The molecule has 0 bridgehead atoms. The van der Waals surface area contributed by atoms with Gasteiger partial charge in [0.25, 0.3) is 0 Å².